The zero-order valence-electron chi connectivity index (χ0n) is 12.3. The molecule has 0 aliphatic carbocycles. The number of hydrogen-bond acceptors (Lipinski definition) is 1. The van der Waals surface area contributed by atoms with Gasteiger partial charge in [-0.2, -0.15) is 0 Å². The fraction of sp³-hybridized carbons (Fsp3) is 0.562. The maximum atomic E-state index is 12.4. The van der Waals surface area contributed by atoms with Crippen molar-refractivity contribution in [3.63, 3.8) is 0 Å². The topological polar surface area (TPSA) is 29.1 Å². The predicted molar refractivity (Wildman–Crippen MR) is 85.1 cm³/mol. The minimum atomic E-state index is -0.0208. The number of halogens is 1. The Labute approximate surface area is 125 Å². The summed E-state index contributed by atoms with van der Waals surface area (Å²) in [5, 5.41) is 4.06. The molecule has 0 bridgehead atoms. The van der Waals surface area contributed by atoms with E-state index in [0.717, 1.165) is 29.3 Å². The highest BCUT2D eigenvalue weighted by molar-refractivity contribution is 9.09. The molecule has 0 aliphatic rings. The molecule has 0 aliphatic heterocycles. The maximum absolute atomic E-state index is 12.4. The number of nitrogens with one attached hydrogen (secondary N) is 1. The minimum Gasteiger partial charge on any atom is -0.350 e. The summed E-state index contributed by atoms with van der Waals surface area (Å²) in [6.07, 6.45) is 2.07. The van der Waals surface area contributed by atoms with E-state index in [4.69, 9.17) is 0 Å². The molecule has 0 fully saturated rings. The molecular formula is C16H24BrNO. The van der Waals surface area contributed by atoms with Crippen LogP contribution in [0.4, 0.5) is 0 Å². The summed E-state index contributed by atoms with van der Waals surface area (Å²) in [7, 11) is 0. The van der Waals surface area contributed by atoms with Crippen molar-refractivity contribution in [3.05, 3.63) is 35.4 Å². The van der Waals surface area contributed by atoms with Crippen molar-refractivity contribution in [2.45, 2.75) is 52.0 Å². The van der Waals surface area contributed by atoms with E-state index < -0.39 is 0 Å². The molecule has 0 radical (unpaired) electrons. The Morgan fingerprint density at radius 1 is 1.32 bits per heavy atom. The monoisotopic (exact) mass is 325 g/mol. The second kappa shape index (κ2) is 7.09. The summed E-state index contributed by atoms with van der Waals surface area (Å²) in [5.74, 6) is 0.0348. The van der Waals surface area contributed by atoms with E-state index in [-0.39, 0.29) is 17.4 Å². The van der Waals surface area contributed by atoms with Crippen molar-refractivity contribution in [3.8, 4) is 0 Å². The van der Waals surface area contributed by atoms with Crippen LogP contribution in [0.5, 0.6) is 0 Å². The molecule has 1 rings (SSSR count). The van der Waals surface area contributed by atoms with Crippen LogP contribution in [0.2, 0.25) is 0 Å². The number of carbonyl (C=O) groups is 1. The van der Waals surface area contributed by atoms with Crippen molar-refractivity contribution in [2.24, 2.45) is 0 Å². The molecule has 1 atom stereocenters. The van der Waals surface area contributed by atoms with Crippen LogP contribution >= 0.6 is 15.9 Å². The van der Waals surface area contributed by atoms with Gasteiger partial charge in [0.1, 0.15) is 0 Å². The normalized spacial score (nSPS) is 13.1. The molecule has 0 saturated carbocycles. The fourth-order valence-electron chi connectivity index (χ4n) is 2.09. The lowest BCUT2D eigenvalue weighted by Crippen LogP contribution is -2.34. The van der Waals surface area contributed by atoms with E-state index >= 15 is 0 Å². The van der Waals surface area contributed by atoms with Gasteiger partial charge in [-0.3, -0.25) is 4.79 Å². The van der Waals surface area contributed by atoms with Gasteiger partial charge in [-0.05, 0) is 36.8 Å². The molecule has 1 N–H and O–H groups in total. The summed E-state index contributed by atoms with van der Waals surface area (Å²) < 4.78 is 0. The summed E-state index contributed by atoms with van der Waals surface area (Å²) in [6.45, 7) is 8.45. The lowest BCUT2D eigenvalue weighted by molar-refractivity contribution is 0.0936. The first kappa shape index (κ1) is 16.2. The van der Waals surface area contributed by atoms with Crippen LogP contribution < -0.4 is 5.32 Å². The molecule has 3 heteroatoms. The van der Waals surface area contributed by atoms with Crippen LogP contribution in [0.15, 0.2) is 24.3 Å². The van der Waals surface area contributed by atoms with Gasteiger partial charge >= 0.3 is 0 Å². The van der Waals surface area contributed by atoms with Crippen molar-refractivity contribution in [1.29, 1.82) is 0 Å². The molecule has 2 nitrogen and oxygen atoms in total. The average molecular weight is 326 g/mol. The van der Waals surface area contributed by atoms with Gasteiger partial charge in [0, 0.05) is 16.9 Å². The smallest absolute Gasteiger partial charge is 0.251 e. The molecule has 0 saturated heterocycles. The van der Waals surface area contributed by atoms with Crippen molar-refractivity contribution >= 4 is 21.8 Å². The Balaban J connectivity index is 2.83. The van der Waals surface area contributed by atoms with Crippen LogP contribution in [0.25, 0.3) is 0 Å². The van der Waals surface area contributed by atoms with Gasteiger partial charge < -0.3 is 5.32 Å². The number of amides is 1. The standard InChI is InChI=1S/C16H24BrNO/c1-12(8-7-11-17)18-15(19)13-9-5-6-10-14(13)16(2,3)4/h5-6,9-10,12H,7-8,11H2,1-4H3,(H,18,19). The van der Waals surface area contributed by atoms with Gasteiger partial charge in [0.25, 0.3) is 5.91 Å². The van der Waals surface area contributed by atoms with Crippen molar-refractivity contribution in [1.82, 2.24) is 5.32 Å². The van der Waals surface area contributed by atoms with Gasteiger partial charge in [-0.15, -0.1) is 0 Å². The third-order valence-corrected chi connectivity index (χ3v) is 3.69. The minimum absolute atomic E-state index is 0.0208. The Kier molecular flexibility index (Phi) is 6.05. The predicted octanol–water partition coefficient (Wildman–Crippen LogP) is 4.28. The molecular weight excluding hydrogens is 302 g/mol. The quantitative estimate of drug-likeness (QED) is 0.804. The Morgan fingerprint density at radius 3 is 2.53 bits per heavy atom. The molecule has 0 heterocycles. The van der Waals surface area contributed by atoms with Gasteiger partial charge in [0.05, 0.1) is 0 Å². The SMILES string of the molecule is CC(CCCBr)NC(=O)c1ccccc1C(C)(C)C. The zero-order valence-corrected chi connectivity index (χ0v) is 13.9. The first-order valence-electron chi connectivity index (χ1n) is 6.82. The van der Waals surface area contributed by atoms with E-state index in [9.17, 15) is 4.79 Å². The number of benzene rings is 1. The highest BCUT2D eigenvalue weighted by atomic mass is 79.9. The van der Waals surface area contributed by atoms with Crippen LogP contribution in [-0.4, -0.2) is 17.3 Å². The van der Waals surface area contributed by atoms with Crippen LogP contribution in [-0.2, 0) is 5.41 Å². The maximum Gasteiger partial charge on any atom is 0.251 e. The van der Waals surface area contributed by atoms with Crippen LogP contribution in [0.3, 0.4) is 0 Å². The highest BCUT2D eigenvalue weighted by Gasteiger charge is 2.21. The van der Waals surface area contributed by atoms with Crippen molar-refractivity contribution in [2.75, 3.05) is 5.33 Å². The molecule has 106 valence electrons. The number of rotatable bonds is 5. The van der Waals surface area contributed by atoms with Gasteiger partial charge in [0.2, 0.25) is 0 Å². The molecule has 0 aromatic heterocycles. The molecule has 1 aromatic carbocycles. The van der Waals surface area contributed by atoms with E-state index in [1.165, 1.54) is 0 Å². The molecule has 0 spiro atoms. The molecule has 19 heavy (non-hydrogen) atoms. The summed E-state index contributed by atoms with van der Waals surface area (Å²) in [4.78, 5) is 12.4. The third kappa shape index (κ3) is 4.98. The largest absolute Gasteiger partial charge is 0.350 e. The Bertz CT molecular complexity index is 423. The Morgan fingerprint density at radius 2 is 1.95 bits per heavy atom. The van der Waals surface area contributed by atoms with E-state index in [1.807, 2.05) is 24.3 Å². The first-order valence-corrected chi connectivity index (χ1v) is 7.94. The number of carbonyl (C=O) groups excluding carboxylic acids is 1. The Hall–Kier alpha value is -0.830. The fourth-order valence-corrected chi connectivity index (χ4v) is 2.42. The van der Waals surface area contributed by atoms with Gasteiger partial charge in [-0.25, -0.2) is 0 Å². The summed E-state index contributed by atoms with van der Waals surface area (Å²) in [6, 6.07) is 8.07. The molecule has 1 aromatic rings. The zero-order chi connectivity index (χ0) is 14.5. The van der Waals surface area contributed by atoms with E-state index in [2.05, 4.69) is 48.9 Å². The van der Waals surface area contributed by atoms with Crippen molar-refractivity contribution < 1.29 is 4.79 Å². The first-order chi connectivity index (χ1) is 8.86. The van der Waals surface area contributed by atoms with Gasteiger partial charge in [-0.1, -0.05) is 54.9 Å². The molecule has 1 amide bonds. The van der Waals surface area contributed by atoms with Gasteiger partial charge in [0.15, 0.2) is 0 Å². The molecule has 1 unspecified atom stereocenters. The second-order valence-corrected chi connectivity index (χ2v) is 6.79. The van der Waals surface area contributed by atoms with Crippen LogP contribution in [0, 0.1) is 0 Å². The van der Waals surface area contributed by atoms with E-state index in [1.54, 1.807) is 0 Å². The van der Waals surface area contributed by atoms with E-state index in [0.29, 0.717) is 0 Å². The number of hydrogen-bond donors (Lipinski definition) is 1. The number of alkyl halides is 1. The second-order valence-electron chi connectivity index (χ2n) is 6.00. The van der Waals surface area contributed by atoms with Crippen LogP contribution in [0.1, 0.15) is 56.5 Å². The average Bonchev–Trinajstić information content (AvgIpc) is 2.35. The highest BCUT2D eigenvalue weighted by Crippen LogP contribution is 2.25. The summed E-state index contributed by atoms with van der Waals surface area (Å²) >= 11 is 3.41. The lowest BCUT2D eigenvalue weighted by atomic mass is 9.83. The lowest BCUT2D eigenvalue weighted by Gasteiger charge is -2.23. The summed E-state index contributed by atoms with van der Waals surface area (Å²) in [5.41, 5.74) is 1.87. The third-order valence-electron chi connectivity index (χ3n) is 3.13.